The Morgan fingerprint density at radius 3 is 2.59 bits per heavy atom. The van der Waals surface area contributed by atoms with E-state index in [4.69, 9.17) is 0 Å². The molecule has 1 aliphatic rings. The third-order valence-electron chi connectivity index (χ3n) is 3.76. The maximum atomic E-state index is 4.66. The van der Waals surface area contributed by atoms with Crippen molar-refractivity contribution >= 4 is 11.3 Å². The predicted octanol–water partition coefficient (Wildman–Crippen LogP) is 3.86. The van der Waals surface area contributed by atoms with Crippen molar-refractivity contribution in [2.24, 2.45) is 0 Å². The van der Waals surface area contributed by atoms with Crippen molar-refractivity contribution in [1.29, 1.82) is 0 Å². The molecule has 2 nitrogen and oxygen atoms in total. The van der Waals surface area contributed by atoms with Crippen molar-refractivity contribution in [2.75, 3.05) is 7.05 Å². The minimum atomic E-state index is 0.782. The lowest BCUT2D eigenvalue weighted by Crippen LogP contribution is -2.30. The van der Waals surface area contributed by atoms with Gasteiger partial charge < -0.3 is 0 Å². The first kappa shape index (κ1) is 13.0. The summed E-state index contributed by atoms with van der Waals surface area (Å²) in [6.45, 7) is 3.21. The van der Waals surface area contributed by atoms with E-state index in [1.54, 1.807) is 11.3 Å². The van der Waals surface area contributed by atoms with Gasteiger partial charge >= 0.3 is 0 Å². The van der Waals surface area contributed by atoms with E-state index in [1.165, 1.54) is 49.2 Å². The molecule has 0 amide bonds. The van der Waals surface area contributed by atoms with Gasteiger partial charge in [-0.15, -0.1) is 11.3 Å². The first-order valence-corrected chi connectivity index (χ1v) is 7.81. The van der Waals surface area contributed by atoms with Gasteiger partial charge in [0.05, 0.1) is 10.7 Å². The molecule has 1 aromatic heterocycles. The monoisotopic (exact) mass is 252 g/mol. The van der Waals surface area contributed by atoms with Gasteiger partial charge in [0, 0.05) is 18.0 Å². The molecule has 2 rings (SSSR count). The molecule has 1 fully saturated rings. The zero-order valence-electron chi connectivity index (χ0n) is 11.1. The SMILES string of the molecule is CCc1nc(CN(C)C2CCCCCC2)cs1. The van der Waals surface area contributed by atoms with E-state index in [2.05, 4.69) is 29.2 Å². The highest BCUT2D eigenvalue weighted by Gasteiger charge is 2.17. The zero-order chi connectivity index (χ0) is 12.1. The summed E-state index contributed by atoms with van der Waals surface area (Å²) in [7, 11) is 2.26. The first-order chi connectivity index (χ1) is 8.29. The van der Waals surface area contributed by atoms with Gasteiger partial charge in [0.1, 0.15) is 0 Å². The Balaban J connectivity index is 1.88. The van der Waals surface area contributed by atoms with Crippen LogP contribution in [0.1, 0.15) is 56.2 Å². The lowest BCUT2D eigenvalue weighted by Gasteiger charge is -2.26. The number of thiazole rings is 1. The Morgan fingerprint density at radius 1 is 1.29 bits per heavy atom. The average molecular weight is 252 g/mol. The number of hydrogen-bond donors (Lipinski definition) is 0. The van der Waals surface area contributed by atoms with E-state index in [0.29, 0.717) is 0 Å². The molecule has 0 bridgehead atoms. The van der Waals surface area contributed by atoms with Crippen molar-refractivity contribution in [2.45, 2.75) is 64.5 Å². The van der Waals surface area contributed by atoms with Gasteiger partial charge in [-0.25, -0.2) is 4.98 Å². The Kier molecular flexibility index (Phi) is 4.99. The van der Waals surface area contributed by atoms with Crippen LogP contribution in [0.4, 0.5) is 0 Å². The van der Waals surface area contributed by atoms with E-state index >= 15 is 0 Å². The van der Waals surface area contributed by atoms with E-state index in [-0.39, 0.29) is 0 Å². The molecule has 0 N–H and O–H groups in total. The molecule has 0 spiro atoms. The number of nitrogens with zero attached hydrogens (tertiary/aromatic N) is 2. The highest BCUT2D eigenvalue weighted by Crippen LogP contribution is 2.22. The molecule has 0 saturated heterocycles. The lowest BCUT2D eigenvalue weighted by atomic mass is 10.1. The molecule has 1 aromatic rings. The van der Waals surface area contributed by atoms with E-state index < -0.39 is 0 Å². The molecule has 0 radical (unpaired) electrons. The van der Waals surface area contributed by atoms with Crippen LogP contribution in [0.25, 0.3) is 0 Å². The second-order valence-electron chi connectivity index (χ2n) is 5.15. The molecule has 1 saturated carbocycles. The van der Waals surface area contributed by atoms with Gasteiger partial charge in [-0.1, -0.05) is 32.6 Å². The van der Waals surface area contributed by atoms with Crippen LogP contribution in [-0.4, -0.2) is 23.0 Å². The van der Waals surface area contributed by atoms with Crippen LogP contribution in [0.5, 0.6) is 0 Å². The van der Waals surface area contributed by atoms with Crippen LogP contribution in [0.2, 0.25) is 0 Å². The Morgan fingerprint density at radius 2 is 2.00 bits per heavy atom. The molecule has 96 valence electrons. The number of hydrogen-bond acceptors (Lipinski definition) is 3. The fourth-order valence-electron chi connectivity index (χ4n) is 2.67. The fraction of sp³-hybridized carbons (Fsp3) is 0.786. The molecule has 0 unspecified atom stereocenters. The lowest BCUT2D eigenvalue weighted by molar-refractivity contribution is 0.211. The van der Waals surface area contributed by atoms with Crippen LogP contribution >= 0.6 is 11.3 Å². The van der Waals surface area contributed by atoms with Gasteiger partial charge in [0.2, 0.25) is 0 Å². The van der Waals surface area contributed by atoms with Crippen LogP contribution in [-0.2, 0) is 13.0 Å². The van der Waals surface area contributed by atoms with Gasteiger partial charge in [0.15, 0.2) is 0 Å². The van der Waals surface area contributed by atoms with Crippen LogP contribution < -0.4 is 0 Å². The number of aryl methyl sites for hydroxylation is 1. The third-order valence-corrected chi connectivity index (χ3v) is 4.80. The molecule has 3 heteroatoms. The van der Waals surface area contributed by atoms with Gasteiger partial charge in [-0.05, 0) is 26.3 Å². The third kappa shape index (κ3) is 3.78. The summed E-state index contributed by atoms with van der Waals surface area (Å²) in [6.07, 6.45) is 9.50. The maximum Gasteiger partial charge on any atom is 0.0926 e. The largest absolute Gasteiger partial charge is 0.298 e. The molecule has 17 heavy (non-hydrogen) atoms. The predicted molar refractivity (Wildman–Crippen MR) is 74.4 cm³/mol. The van der Waals surface area contributed by atoms with E-state index in [0.717, 1.165) is 19.0 Å². The summed E-state index contributed by atoms with van der Waals surface area (Å²) in [5, 5.41) is 3.50. The molecule has 0 atom stereocenters. The normalized spacial score (nSPS) is 18.5. The first-order valence-electron chi connectivity index (χ1n) is 6.93. The van der Waals surface area contributed by atoms with E-state index in [9.17, 15) is 0 Å². The molecule has 0 aliphatic heterocycles. The highest BCUT2D eigenvalue weighted by molar-refractivity contribution is 7.09. The second-order valence-corrected chi connectivity index (χ2v) is 6.09. The van der Waals surface area contributed by atoms with Crippen molar-refractivity contribution in [3.8, 4) is 0 Å². The van der Waals surface area contributed by atoms with Crippen molar-refractivity contribution in [3.05, 3.63) is 16.1 Å². The number of aromatic nitrogens is 1. The van der Waals surface area contributed by atoms with Crippen LogP contribution in [0.15, 0.2) is 5.38 Å². The molecule has 1 aliphatic carbocycles. The summed E-state index contributed by atoms with van der Waals surface area (Å²) in [5.41, 5.74) is 1.26. The Bertz CT molecular complexity index is 327. The number of rotatable bonds is 4. The molecule has 0 aromatic carbocycles. The van der Waals surface area contributed by atoms with Crippen molar-refractivity contribution < 1.29 is 0 Å². The van der Waals surface area contributed by atoms with E-state index in [1.807, 2.05) is 0 Å². The van der Waals surface area contributed by atoms with Crippen LogP contribution in [0, 0.1) is 0 Å². The highest BCUT2D eigenvalue weighted by atomic mass is 32.1. The van der Waals surface area contributed by atoms with Gasteiger partial charge in [-0.2, -0.15) is 0 Å². The van der Waals surface area contributed by atoms with Gasteiger partial charge in [-0.3, -0.25) is 4.90 Å². The topological polar surface area (TPSA) is 16.1 Å². The Labute approximate surface area is 109 Å². The minimum absolute atomic E-state index is 0.782. The standard InChI is InChI=1S/C14H24N2S/c1-3-14-15-12(11-17-14)10-16(2)13-8-6-4-5-7-9-13/h11,13H,3-10H2,1-2H3. The minimum Gasteiger partial charge on any atom is -0.298 e. The van der Waals surface area contributed by atoms with Crippen LogP contribution in [0.3, 0.4) is 0 Å². The fourth-order valence-corrected chi connectivity index (χ4v) is 3.40. The maximum absolute atomic E-state index is 4.66. The summed E-state index contributed by atoms with van der Waals surface area (Å²) >= 11 is 1.80. The average Bonchev–Trinajstić information content (AvgIpc) is 2.62. The van der Waals surface area contributed by atoms with Crippen molar-refractivity contribution in [1.82, 2.24) is 9.88 Å². The zero-order valence-corrected chi connectivity index (χ0v) is 11.9. The summed E-state index contributed by atoms with van der Waals surface area (Å²) in [4.78, 5) is 7.18. The Hall–Kier alpha value is -0.410. The summed E-state index contributed by atoms with van der Waals surface area (Å²) in [5.74, 6) is 0. The summed E-state index contributed by atoms with van der Waals surface area (Å²) in [6, 6.07) is 0.782. The molecular weight excluding hydrogens is 228 g/mol. The second kappa shape index (κ2) is 6.50. The molecule has 1 heterocycles. The quantitative estimate of drug-likeness (QED) is 0.756. The summed E-state index contributed by atoms with van der Waals surface area (Å²) < 4.78 is 0. The van der Waals surface area contributed by atoms with Crippen molar-refractivity contribution in [3.63, 3.8) is 0 Å². The smallest absolute Gasteiger partial charge is 0.0926 e. The van der Waals surface area contributed by atoms with Gasteiger partial charge in [0.25, 0.3) is 0 Å². The molecular formula is C14H24N2S.